The van der Waals surface area contributed by atoms with Crippen LogP contribution < -0.4 is 15.0 Å². The van der Waals surface area contributed by atoms with Gasteiger partial charge >= 0.3 is 0 Å². The van der Waals surface area contributed by atoms with Crippen molar-refractivity contribution in [3.05, 3.63) is 76.4 Å². The van der Waals surface area contributed by atoms with Crippen LogP contribution in [0.5, 0.6) is 11.5 Å². The number of nitrogens with zero attached hydrogens (tertiary/aromatic N) is 4. The second-order valence-corrected chi connectivity index (χ2v) is 8.73. The fraction of sp³-hybridized carbons (Fsp3) is 0.280. The molecule has 3 heterocycles. The van der Waals surface area contributed by atoms with E-state index in [4.69, 9.17) is 21.1 Å². The van der Waals surface area contributed by atoms with E-state index in [-0.39, 0.29) is 11.7 Å². The Morgan fingerprint density at radius 1 is 1.12 bits per heavy atom. The molecule has 2 aromatic heterocycles. The fourth-order valence-corrected chi connectivity index (χ4v) is 4.33. The molecule has 8 nitrogen and oxygen atoms in total. The minimum absolute atomic E-state index is 0.196. The van der Waals surface area contributed by atoms with E-state index >= 15 is 0 Å². The first-order valence-corrected chi connectivity index (χ1v) is 11.5. The average molecular weight is 481 g/mol. The molecular formula is C25H25ClN4O4. The molecule has 1 aliphatic rings. The van der Waals surface area contributed by atoms with E-state index in [9.17, 15) is 9.90 Å². The zero-order chi connectivity index (χ0) is 23.7. The summed E-state index contributed by atoms with van der Waals surface area (Å²) in [4.78, 5) is 15.4. The van der Waals surface area contributed by atoms with Crippen molar-refractivity contribution in [1.82, 2.24) is 19.1 Å². The van der Waals surface area contributed by atoms with Gasteiger partial charge in [-0.3, -0.25) is 14.3 Å². The summed E-state index contributed by atoms with van der Waals surface area (Å²) in [5, 5.41) is 14.7. The quantitative estimate of drug-likeness (QED) is 0.437. The highest BCUT2D eigenvalue weighted by molar-refractivity contribution is 6.30. The molecule has 1 aliphatic heterocycles. The van der Waals surface area contributed by atoms with E-state index in [1.54, 1.807) is 29.8 Å². The number of rotatable bonds is 7. The molecule has 1 unspecified atom stereocenters. The van der Waals surface area contributed by atoms with Crippen molar-refractivity contribution in [3.63, 3.8) is 0 Å². The maximum atomic E-state index is 13.2. The van der Waals surface area contributed by atoms with E-state index in [2.05, 4.69) is 10.00 Å². The summed E-state index contributed by atoms with van der Waals surface area (Å²) in [6.45, 7) is 2.76. The number of β-amino-alcohol motifs (C(OH)–C–C–N with tert-alkyl or cyclic N) is 1. The Morgan fingerprint density at radius 3 is 2.68 bits per heavy atom. The highest BCUT2D eigenvalue weighted by Gasteiger charge is 2.20. The van der Waals surface area contributed by atoms with Crippen LogP contribution in [0.4, 0.5) is 0 Å². The average Bonchev–Trinajstić information content (AvgIpc) is 3.47. The third-order valence-corrected chi connectivity index (χ3v) is 6.30. The van der Waals surface area contributed by atoms with E-state index in [0.717, 1.165) is 30.6 Å². The molecule has 1 atom stereocenters. The molecule has 1 fully saturated rings. The number of fused-ring (bicyclic) bond motifs is 1. The number of benzene rings is 2. The molecule has 176 valence electrons. The summed E-state index contributed by atoms with van der Waals surface area (Å²) in [5.41, 5.74) is 2.72. The predicted molar refractivity (Wildman–Crippen MR) is 130 cm³/mol. The van der Waals surface area contributed by atoms with Crippen LogP contribution in [-0.2, 0) is 0 Å². The third-order valence-electron chi connectivity index (χ3n) is 6.05. The molecule has 1 saturated heterocycles. The van der Waals surface area contributed by atoms with Crippen molar-refractivity contribution in [2.75, 3.05) is 33.4 Å². The zero-order valence-electron chi connectivity index (χ0n) is 18.7. The molecule has 1 N–H and O–H groups in total. The number of hydrogen-bond donors (Lipinski definition) is 1. The van der Waals surface area contributed by atoms with Gasteiger partial charge in [-0.05, 0) is 42.3 Å². The van der Waals surface area contributed by atoms with Crippen molar-refractivity contribution in [3.8, 4) is 28.3 Å². The van der Waals surface area contributed by atoms with Gasteiger partial charge in [0.2, 0.25) is 0 Å². The number of aliphatic hydroxyl groups excluding tert-OH is 1. The lowest BCUT2D eigenvalue weighted by Gasteiger charge is -2.17. The number of ether oxygens (including phenoxy) is 2. The van der Waals surface area contributed by atoms with Crippen molar-refractivity contribution in [2.24, 2.45) is 0 Å². The van der Waals surface area contributed by atoms with Crippen molar-refractivity contribution < 1.29 is 14.6 Å². The molecule has 0 saturated carbocycles. The first kappa shape index (κ1) is 22.5. The molecule has 4 aromatic rings. The second-order valence-electron chi connectivity index (χ2n) is 8.30. The van der Waals surface area contributed by atoms with Crippen LogP contribution in [-0.4, -0.2) is 63.6 Å². The Kier molecular flexibility index (Phi) is 6.28. The highest BCUT2D eigenvalue weighted by atomic mass is 35.5. The SMILES string of the molecule is COc1cc(-n2cnn3cc(-c4ccc(Cl)cc4)cc3c2=O)ccc1OCCN1CCC(O)C1. The van der Waals surface area contributed by atoms with Crippen LogP contribution in [0.1, 0.15) is 6.42 Å². The minimum atomic E-state index is -0.249. The lowest BCUT2D eigenvalue weighted by molar-refractivity contribution is 0.166. The molecule has 34 heavy (non-hydrogen) atoms. The lowest BCUT2D eigenvalue weighted by atomic mass is 10.1. The number of likely N-dealkylation sites (tertiary alicyclic amines) is 1. The van der Waals surface area contributed by atoms with Gasteiger partial charge in [0.1, 0.15) is 18.5 Å². The lowest BCUT2D eigenvalue weighted by Crippen LogP contribution is -2.27. The Morgan fingerprint density at radius 2 is 1.94 bits per heavy atom. The molecule has 0 radical (unpaired) electrons. The number of methoxy groups -OCH3 is 1. The van der Waals surface area contributed by atoms with Gasteiger partial charge in [-0.2, -0.15) is 5.10 Å². The summed E-state index contributed by atoms with van der Waals surface area (Å²) in [7, 11) is 1.57. The highest BCUT2D eigenvalue weighted by Crippen LogP contribution is 2.29. The summed E-state index contributed by atoms with van der Waals surface area (Å²) < 4.78 is 14.5. The second kappa shape index (κ2) is 9.50. The molecule has 0 aliphatic carbocycles. The Bertz CT molecular complexity index is 1370. The number of hydrogen-bond acceptors (Lipinski definition) is 6. The minimum Gasteiger partial charge on any atom is -0.493 e. The summed E-state index contributed by atoms with van der Waals surface area (Å²) in [5.74, 6) is 1.13. The van der Waals surface area contributed by atoms with E-state index in [0.29, 0.717) is 40.9 Å². The largest absolute Gasteiger partial charge is 0.493 e. The molecule has 0 bridgehead atoms. The van der Waals surface area contributed by atoms with Gasteiger partial charge < -0.3 is 14.6 Å². The van der Waals surface area contributed by atoms with E-state index in [1.165, 1.54) is 10.9 Å². The smallest absolute Gasteiger partial charge is 0.282 e. The molecule has 2 aromatic carbocycles. The van der Waals surface area contributed by atoms with Crippen molar-refractivity contribution in [2.45, 2.75) is 12.5 Å². The molecule has 5 rings (SSSR count). The summed E-state index contributed by atoms with van der Waals surface area (Å²) in [6, 6.07) is 14.6. The normalized spacial score (nSPS) is 16.3. The summed E-state index contributed by atoms with van der Waals surface area (Å²) >= 11 is 5.99. The zero-order valence-corrected chi connectivity index (χ0v) is 19.5. The third kappa shape index (κ3) is 4.52. The van der Waals surface area contributed by atoms with Crippen LogP contribution in [0.2, 0.25) is 5.02 Å². The molecule has 9 heteroatoms. The summed E-state index contributed by atoms with van der Waals surface area (Å²) in [6.07, 6.45) is 3.87. The standard InChI is InChI=1S/C25H25ClN4O4/c1-33-24-13-20(6-7-23(24)34-11-10-28-9-8-21(31)15-28)29-16-27-30-14-18(12-22(30)25(29)32)17-2-4-19(26)5-3-17/h2-7,12-14,16,21,31H,8-11,15H2,1H3. The van der Waals surface area contributed by atoms with Gasteiger partial charge in [0, 0.05) is 42.5 Å². The van der Waals surface area contributed by atoms with Crippen LogP contribution in [0.25, 0.3) is 22.3 Å². The first-order chi connectivity index (χ1) is 16.5. The maximum absolute atomic E-state index is 13.2. The predicted octanol–water partition coefficient (Wildman–Crippen LogP) is 3.26. The monoisotopic (exact) mass is 480 g/mol. The Hall–Kier alpha value is -3.33. The number of halogens is 1. The van der Waals surface area contributed by atoms with Gasteiger partial charge in [0.05, 0.1) is 18.9 Å². The van der Waals surface area contributed by atoms with Gasteiger partial charge in [-0.25, -0.2) is 4.52 Å². The van der Waals surface area contributed by atoms with Crippen LogP contribution in [0.3, 0.4) is 0 Å². The van der Waals surface area contributed by atoms with Gasteiger partial charge in [-0.1, -0.05) is 23.7 Å². The van der Waals surface area contributed by atoms with E-state index in [1.807, 2.05) is 36.5 Å². The number of aromatic nitrogens is 3. The van der Waals surface area contributed by atoms with Crippen molar-refractivity contribution >= 4 is 17.1 Å². The topological polar surface area (TPSA) is 81.2 Å². The first-order valence-electron chi connectivity index (χ1n) is 11.1. The Labute approximate surface area is 201 Å². The van der Waals surface area contributed by atoms with Gasteiger partial charge in [0.15, 0.2) is 11.5 Å². The van der Waals surface area contributed by atoms with Crippen molar-refractivity contribution in [1.29, 1.82) is 0 Å². The molecular weight excluding hydrogens is 456 g/mol. The fourth-order valence-electron chi connectivity index (χ4n) is 4.20. The Balaban J connectivity index is 1.38. The van der Waals surface area contributed by atoms with Gasteiger partial charge in [0.25, 0.3) is 5.56 Å². The maximum Gasteiger partial charge on any atom is 0.282 e. The number of aliphatic hydroxyl groups is 1. The molecule has 0 spiro atoms. The van der Waals surface area contributed by atoms with E-state index < -0.39 is 0 Å². The molecule has 0 amide bonds. The van der Waals surface area contributed by atoms with Gasteiger partial charge in [-0.15, -0.1) is 0 Å². The van der Waals surface area contributed by atoms with Crippen LogP contribution in [0, 0.1) is 0 Å². The van der Waals surface area contributed by atoms with Crippen LogP contribution >= 0.6 is 11.6 Å². The van der Waals surface area contributed by atoms with Crippen LogP contribution in [0.15, 0.2) is 65.8 Å².